The van der Waals surface area contributed by atoms with Gasteiger partial charge in [0.25, 0.3) is 0 Å². The van der Waals surface area contributed by atoms with Crippen molar-refractivity contribution in [2.45, 2.75) is 17.8 Å². The quantitative estimate of drug-likeness (QED) is 0.574. The Hall–Kier alpha value is -2.66. The van der Waals surface area contributed by atoms with Gasteiger partial charge in [0.2, 0.25) is 0 Å². The number of anilines is 1. The summed E-state index contributed by atoms with van der Waals surface area (Å²) in [5, 5.41) is 19.0. The molecule has 0 bridgehead atoms. The molecule has 1 fully saturated rings. The van der Waals surface area contributed by atoms with E-state index >= 15 is 0 Å². The van der Waals surface area contributed by atoms with E-state index in [1.807, 2.05) is 30.3 Å². The van der Waals surface area contributed by atoms with Crippen molar-refractivity contribution in [3.63, 3.8) is 0 Å². The Bertz CT molecular complexity index is 887. The predicted octanol–water partition coefficient (Wildman–Crippen LogP) is 3.01. The third-order valence-electron chi connectivity index (χ3n) is 4.84. The van der Waals surface area contributed by atoms with Crippen LogP contribution < -0.4 is 5.06 Å². The van der Waals surface area contributed by atoms with Crippen molar-refractivity contribution in [2.75, 3.05) is 12.1 Å². The molecule has 1 heterocycles. The number of benzene rings is 2. The molecule has 23 heavy (non-hydrogen) atoms. The lowest BCUT2D eigenvalue weighted by Crippen LogP contribution is -2.19. The Labute approximate surface area is 133 Å². The molecule has 5 nitrogen and oxygen atoms in total. The third-order valence-corrected chi connectivity index (χ3v) is 4.84. The first-order valence-electron chi connectivity index (χ1n) is 7.57. The van der Waals surface area contributed by atoms with E-state index in [1.165, 1.54) is 0 Å². The second kappa shape index (κ2) is 4.93. The summed E-state index contributed by atoms with van der Waals surface area (Å²) in [4.78, 5) is 11.9. The fourth-order valence-electron chi connectivity index (χ4n) is 3.51. The number of fused-ring (bicyclic) bond motifs is 1. The number of nitrogens with one attached hydrogen (secondary N) is 1. The van der Waals surface area contributed by atoms with Gasteiger partial charge in [-0.05, 0) is 29.7 Å². The van der Waals surface area contributed by atoms with Crippen molar-refractivity contribution in [3.8, 4) is 0 Å². The first kappa shape index (κ1) is 14.0. The summed E-state index contributed by atoms with van der Waals surface area (Å²) >= 11 is 0. The van der Waals surface area contributed by atoms with Crippen molar-refractivity contribution >= 4 is 22.9 Å². The van der Waals surface area contributed by atoms with Crippen molar-refractivity contribution in [3.05, 3.63) is 59.8 Å². The van der Waals surface area contributed by atoms with Gasteiger partial charge in [-0.25, -0.2) is 0 Å². The van der Waals surface area contributed by atoms with Crippen molar-refractivity contribution in [1.82, 2.24) is 10.2 Å². The number of rotatable bonds is 4. The van der Waals surface area contributed by atoms with E-state index in [0.29, 0.717) is 5.69 Å². The summed E-state index contributed by atoms with van der Waals surface area (Å²) in [5.41, 5.74) is 3.06. The summed E-state index contributed by atoms with van der Waals surface area (Å²) < 4.78 is 0. The van der Waals surface area contributed by atoms with Crippen LogP contribution in [0.2, 0.25) is 0 Å². The van der Waals surface area contributed by atoms with Crippen molar-refractivity contribution in [1.29, 1.82) is 0 Å². The maximum absolute atomic E-state index is 11.9. The van der Waals surface area contributed by atoms with Gasteiger partial charge < -0.3 is 4.79 Å². The average molecular weight is 307 g/mol. The minimum absolute atomic E-state index is 0.119. The Kier molecular flexibility index (Phi) is 2.99. The van der Waals surface area contributed by atoms with E-state index in [0.717, 1.165) is 39.8 Å². The lowest BCUT2D eigenvalue weighted by Gasteiger charge is -2.20. The van der Waals surface area contributed by atoms with Gasteiger partial charge in [-0.3, -0.25) is 15.4 Å². The fraction of sp³-hybridized carbons (Fsp3) is 0.222. The molecule has 2 N–H and O–H groups in total. The molecule has 0 aliphatic heterocycles. The van der Waals surface area contributed by atoms with Gasteiger partial charge in [0.15, 0.2) is 0 Å². The molecular weight excluding hydrogens is 290 g/mol. The number of carbonyl (C=O) groups excluding carboxylic acids is 1. The zero-order valence-corrected chi connectivity index (χ0v) is 12.7. The van der Waals surface area contributed by atoms with Gasteiger partial charge in [0, 0.05) is 18.4 Å². The summed E-state index contributed by atoms with van der Waals surface area (Å²) in [6.07, 6.45) is 3.56. The van der Waals surface area contributed by atoms with Crippen LogP contribution in [0.15, 0.2) is 48.7 Å². The Morgan fingerprint density at radius 3 is 2.96 bits per heavy atom. The topological polar surface area (TPSA) is 69.2 Å². The second-order valence-corrected chi connectivity index (χ2v) is 6.17. The van der Waals surface area contributed by atoms with Crippen LogP contribution in [0.3, 0.4) is 0 Å². The molecule has 0 spiro atoms. The highest BCUT2D eigenvalue weighted by molar-refractivity contribution is 5.83. The van der Waals surface area contributed by atoms with Crippen LogP contribution in [-0.2, 0) is 10.2 Å². The van der Waals surface area contributed by atoms with Crippen molar-refractivity contribution in [2.24, 2.45) is 0 Å². The number of aromatic amines is 1. The Morgan fingerprint density at radius 2 is 2.17 bits per heavy atom. The molecule has 1 aromatic heterocycles. The third kappa shape index (κ3) is 2.04. The number of para-hydroxylation sites is 1. The van der Waals surface area contributed by atoms with Crippen LogP contribution in [0.25, 0.3) is 10.9 Å². The molecule has 2 aromatic carbocycles. The molecule has 0 amide bonds. The summed E-state index contributed by atoms with van der Waals surface area (Å²) in [5.74, 6) is 0.119. The normalized spacial score (nSPS) is 23.0. The predicted molar refractivity (Wildman–Crippen MR) is 87.8 cm³/mol. The maximum atomic E-state index is 11.9. The first-order chi connectivity index (χ1) is 11.2. The summed E-state index contributed by atoms with van der Waals surface area (Å²) in [7, 11) is 1.57. The molecular formula is C18H17N3O2. The van der Waals surface area contributed by atoms with Crippen LogP contribution in [-0.4, -0.2) is 28.7 Å². The van der Waals surface area contributed by atoms with Gasteiger partial charge >= 0.3 is 0 Å². The molecule has 116 valence electrons. The molecule has 1 saturated carbocycles. The van der Waals surface area contributed by atoms with E-state index in [9.17, 15) is 10.0 Å². The van der Waals surface area contributed by atoms with Gasteiger partial charge in [0.1, 0.15) is 6.29 Å². The molecule has 3 aromatic rings. The zero-order valence-electron chi connectivity index (χ0n) is 12.7. The van der Waals surface area contributed by atoms with Crippen LogP contribution >= 0.6 is 0 Å². The van der Waals surface area contributed by atoms with E-state index < -0.39 is 5.41 Å². The van der Waals surface area contributed by atoms with E-state index in [1.54, 1.807) is 13.2 Å². The van der Waals surface area contributed by atoms with Crippen LogP contribution in [0.5, 0.6) is 0 Å². The van der Waals surface area contributed by atoms with Crippen molar-refractivity contribution < 1.29 is 10.0 Å². The molecule has 0 saturated heterocycles. The molecule has 2 unspecified atom stereocenters. The first-order valence-corrected chi connectivity index (χ1v) is 7.57. The highest BCUT2D eigenvalue weighted by Crippen LogP contribution is 2.60. The molecule has 4 rings (SSSR count). The van der Waals surface area contributed by atoms with Gasteiger partial charge in [0.05, 0.1) is 22.8 Å². The van der Waals surface area contributed by atoms with E-state index in [4.69, 9.17) is 0 Å². The summed E-state index contributed by atoms with van der Waals surface area (Å²) in [6.45, 7) is 0. The SMILES string of the molecule is CN(O)c1ccccc1C1(C=O)CC1c1ccc2cn[nH]c2c1. The largest absolute Gasteiger partial charge is 0.302 e. The monoisotopic (exact) mass is 307 g/mol. The van der Waals surface area contributed by atoms with Gasteiger partial charge in [-0.2, -0.15) is 5.10 Å². The average Bonchev–Trinajstić information content (AvgIpc) is 3.15. The number of hydroxylamine groups is 1. The molecule has 0 radical (unpaired) electrons. The number of hydrogen-bond acceptors (Lipinski definition) is 4. The minimum atomic E-state index is -0.568. The molecule has 1 aliphatic carbocycles. The molecule has 1 aliphatic rings. The highest BCUT2D eigenvalue weighted by atomic mass is 16.5. The van der Waals surface area contributed by atoms with E-state index in [2.05, 4.69) is 22.3 Å². The fourth-order valence-corrected chi connectivity index (χ4v) is 3.51. The minimum Gasteiger partial charge on any atom is -0.302 e. The van der Waals surface area contributed by atoms with Crippen LogP contribution in [0.4, 0.5) is 5.69 Å². The lowest BCUT2D eigenvalue weighted by atomic mass is 9.90. The van der Waals surface area contributed by atoms with Crippen LogP contribution in [0.1, 0.15) is 23.5 Å². The van der Waals surface area contributed by atoms with Crippen LogP contribution in [0, 0.1) is 0 Å². The van der Waals surface area contributed by atoms with E-state index in [-0.39, 0.29) is 5.92 Å². The molecule has 5 heteroatoms. The lowest BCUT2D eigenvalue weighted by molar-refractivity contribution is -0.110. The Morgan fingerprint density at radius 1 is 1.35 bits per heavy atom. The smallest absolute Gasteiger partial charge is 0.131 e. The number of H-pyrrole nitrogens is 1. The van der Waals surface area contributed by atoms with Gasteiger partial charge in [-0.1, -0.05) is 30.3 Å². The number of nitrogens with zero attached hydrogens (tertiary/aromatic N) is 2. The standard InChI is InChI=1S/C18H17N3O2/c1-21(23)17-5-3-2-4-14(17)18(11-22)9-15(18)12-6-7-13-10-19-20-16(13)8-12/h2-8,10-11,15,23H,9H2,1H3,(H,19,20). The number of aldehydes is 1. The highest BCUT2D eigenvalue weighted by Gasteiger charge is 2.57. The number of carbonyl (C=O) groups is 1. The second-order valence-electron chi connectivity index (χ2n) is 6.17. The number of aromatic nitrogens is 2. The van der Waals surface area contributed by atoms with Gasteiger partial charge in [-0.15, -0.1) is 0 Å². The Balaban J connectivity index is 1.77. The maximum Gasteiger partial charge on any atom is 0.131 e. The molecule has 2 atom stereocenters. The summed E-state index contributed by atoms with van der Waals surface area (Å²) in [6, 6.07) is 13.6. The zero-order chi connectivity index (χ0) is 16.0. The number of hydrogen-bond donors (Lipinski definition) is 2.